The molecule has 2 atom stereocenters. The number of benzene rings is 1. The molecule has 4 nitrogen and oxygen atoms in total. The maximum Gasteiger partial charge on any atom is 0.131 e. The van der Waals surface area contributed by atoms with Crippen LogP contribution < -0.4 is 5.73 Å². The van der Waals surface area contributed by atoms with Crippen LogP contribution in [-0.2, 0) is 5.54 Å². The Balaban J connectivity index is 1.95. The van der Waals surface area contributed by atoms with Crippen molar-refractivity contribution in [1.82, 2.24) is 9.80 Å². The van der Waals surface area contributed by atoms with Gasteiger partial charge in [0.25, 0.3) is 0 Å². The van der Waals surface area contributed by atoms with Crippen molar-refractivity contribution in [2.45, 2.75) is 30.8 Å². The van der Waals surface area contributed by atoms with Crippen LogP contribution in [0.4, 0.5) is 0 Å². The van der Waals surface area contributed by atoms with Crippen molar-refractivity contribution in [3.63, 3.8) is 0 Å². The average Bonchev–Trinajstić information content (AvgIpc) is 2.53. The summed E-state index contributed by atoms with van der Waals surface area (Å²) in [5.74, 6) is 0. The second-order valence-corrected chi connectivity index (χ2v) is 6.24. The molecule has 0 radical (unpaired) electrons. The number of nitriles is 1. The molecule has 4 heteroatoms. The number of nitrogens with two attached hydrogens (primary N) is 1. The third-order valence-electron chi connectivity index (χ3n) is 4.57. The second kappa shape index (κ2) is 7.04. The molecule has 1 fully saturated rings. The first-order chi connectivity index (χ1) is 10.0. The molecule has 2 unspecified atom stereocenters. The SMILES string of the molecule is CN1CCCC(N(C)CCC(N)(C#N)c2ccccc2)C1. The van der Waals surface area contributed by atoms with Gasteiger partial charge in [-0.25, -0.2) is 0 Å². The molecule has 21 heavy (non-hydrogen) atoms. The molecule has 0 aliphatic carbocycles. The Morgan fingerprint density at radius 2 is 2.14 bits per heavy atom. The molecule has 2 N–H and O–H groups in total. The molecule has 0 saturated carbocycles. The van der Waals surface area contributed by atoms with Gasteiger partial charge in [0.1, 0.15) is 5.54 Å². The van der Waals surface area contributed by atoms with Gasteiger partial charge in [-0.2, -0.15) is 5.26 Å². The van der Waals surface area contributed by atoms with E-state index in [2.05, 4.69) is 30.0 Å². The Bertz CT molecular complexity index is 481. The highest BCUT2D eigenvalue weighted by molar-refractivity contribution is 5.30. The quantitative estimate of drug-likeness (QED) is 0.896. The van der Waals surface area contributed by atoms with E-state index in [9.17, 15) is 5.26 Å². The van der Waals surface area contributed by atoms with Gasteiger partial charge in [0.2, 0.25) is 0 Å². The summed E-state index contributed by atoms with van der Waals surface area (Å²) < 4.78 is 0. The number of likely N-dealkylation sites (tertiary alicyclic amines) is 1. The molecule has 1 aromatic carbocycles. The van der Waals surface area contributed by atoms with Gasteiger partial charge in [-0.3, -0.25) is 0 Å². The van der Waals surface area contributed by atoms with E-state index < -0.39 is 5.54 Å². The van der Waals surface area contributed by atoms with E-state index in [0.717, 1.165) is 18.7 Å². The zero-order valence-electron chi connectivity index (χ0n) is 13.1. The minimum atomic E-state index is -0.893. The molecule has 1 aliphatic heterocycles. The van der Waals surface area contributed by atoms with Crippen LogP contribution in [0.5, 0.6) is 0 Å². The van der Waals surface area contributed by atoms with Crippen LogP contribution in [-0.4, -0.2) is 49.6 Å². The van der Waals surface area contributed by atoms with Crippen LogP contribution in [0.15, 0.2) is 30.3 Å². The fourth-order valence-electron chi connectivity index (χ4n) is 3.03. The predicted octanol–water partition coefficient (Wildman–Crippen LogP) is 1.78. The molecule has 0 aromatic heterocycles. The summed E-state index contributed by atoms with van der Waals surface area (Å²) in [6, 6.07) is 12.6. The maximum atomic E-state index is 9.50. The fourth-order valence-corrected chi connectivity index (χ4v) is 3.03. The highest BCUT2D eigenvalue weighted by atomic mass is 15.2. The summed E-state index contributed by atoms with van der Waals surface area (Å²) in [5, 5.41) is 9.50. The standard InChI is InChI=1S/C17H26N4/c1-20-11-6-9-16(13-20)21(2)12-10-17(19,14-18)15-7-4-3-5-8-15/h3-5,7-8,16H,6,9-13,19H2,1-2H3. The zero-order valence-corrected chi connectivity index (χ0v) is 13.1. The lowest BCUT2D eigenvalue weighted by Gasteiger charge is -2.37. The maximum absolute atomic E-state index is 9.50. The fraction of sp³-hybridized carbons (Fsp3) is 0.588. The van der Waals surface area contributed by atoms with Crippen molar-refractivity contribution in [3.05, 3.63) is 35.9 Å². The van der Waals surface area contributed by atoms with Crippen LogP contribution in [0.25, 0.3) is 0 Å². The summed E-state index contributed by atoms with van der Waals surface area (Å²) in [5.41, 5.74) is 6.34. The second-order valence-electron chi connectivity index (χ2n) is 6.24. The lowest BCUT2D eigenvalue weighted by molar-refractivity contribution is 0.129. The van der Waals surface area contributed by atoms with E-state index in [1.807, 2.05) is 30.3 Å². The van der Waals surface area contributed by atoms with Crippen LogP contribution in [0.3, 0.4) is 0 Å². The lowest BCUT2D eigenvalue weighted by atomic mass is 9.89. The summed E-state index contributed by atoms with van der Waals surface area (Å²) in [6.07, 6.45) is 3.14. The van der Waals surface area contributed by atoms with Crippen molar-refractivity contribution >= 4 is 0 Å². The van der Waals surface area contributed by atoms with Crippen LogP contribution >= 0.6 is 0 Å². The Labute approximate surface area is 128 Å². The predicted molar refractivity (Wildman–Crippen MR) is 85.7 cm³/mol. The van der Waals surface area contributed by atoms with Crippen LogP contribution in [0.1, 0.15) is 24.8 Å². The summed E-state index contributed by atoms with van der Waals surface area (Å²) in [6.45, 7) is 3.14. The van der Waals surface area contributed by atoms with E-state index in [1.54, 1.807) is 0 Å². The van der Waals surface area contributed by atoms with E-state index in [-0.39, 0.29) is 0 Å². The van der Waals surface area contributed by atoms with Gasteiger partial charge in [-0.15, -0.1) is 0 Å². The Morgan fingerprint density at radius 3 is 2.76 bits per heavy atom. The highest BCUT2D eigenvalue weighted by Crippen LogP contribution is 2.23. The average molecular weight is 286 g/mol. The minimum Gasteiger partial charge on any atom is -0.310 e. The van der Waals surface area contributed by atoms with Gasteiger partial charge in [-0.05, 0) is 45.5 Å². The Kier molecular flexibility index (Phi) is 5.35. The molecule has 2 rings (SSSR count). The smallest absolute Gasteiger partial charge is 0.131 e. The van der Waals surface area contributed by atoms with Gasteiger partial charge >= 0.3 is 0 Å². The van der Waals surface area contributed by atoms with Gasteiger partial charge in [0.15, 0.2) is 0 Å². The molecule has 1 aromatic rings. The summed E-state index contributed by atoms with van der Waals surface area (Å²) >= 11 is 0. The number of likely N-dealkylation sites (N-methyl/N-ethyl adjacent to an activating group) is 2. The zero-order chi connectivity index (χ0) is 15.3. The number of piperidine rings is 1. The van der Waals surface area contributed by atoms with Gasteiger partial charge in [0, 0.05) is 19.1 Å². The molecule has 1 aliphatic rings. The van der Waals surface area contributed by atoms with Crippen molar-refractivity contribution in [3.8, 4) is 6.07 Å². The molecule has 1 heterocycles. The van der Waals surface area contributed by atoms with E-state index in [4.69, 9.17) is 5.73 Å². The van der Waals surface area contributed by atoms with Crippen molar-refractivity contribution in [2.24, 2.45) is 5.73 Å². The van der Waals surface area contributed by atoms with Gasteiger partial charge < -0.3 is 15.5 Å². The number of hydrogen-bond donors (Lipinski definition) is 1. The Morgan fingerprint density at radius 1 is 1.43 bits per heavy atom. The molecule has 0 bridgehead atoms. The number of hydrogen-bond acceptors (Lipinski definition) is 4. The van der Waals surface area contributed by atoms with Crippen molar-refractivity contribution in [2.75, 3.05) is 33.7 Å². The normalized spacial score (nSPS) is 22.7. The van der Waals surface area contributed by atoms with E-state index in [0.29, 0.717) is 12.5 Å². The lowest BCUT2D eigenvalue weighted by Crippen LogP contribution is -2.47. The first-order valence-electron chi connectivity index (χ1n) is 7.69. The van der Waals surface area contributed by atoms with Crippen LogP contribution in [0.2, 0.25) is 0 Å². The number of nitrogens with zero attached hydrogens (tertiary/aromatic N) is 3. The molecule has 0 spiro atoms. The molecule has 0 amide bonds. The third-order valence-corrected chi connectivity index (χ3v) is 4.57. The monoisotopic (exact) mass is 286 g/mol. The molecular weight excluding hydrogens is 260 g/mol. The molecule has 1 saturated heterocycles. The largest absolute Gasteiger partial charge is 0.310 e. The summed E-state index contributed by atoms with van der Waals surface area (Å²) in [7, 11) is 4.32. The van der Waals surface area contributed by atoms with Gasteiger partial charge in [-0.1, -0.05) is 30.3 Å². The summed E-state index contributed by atoms with van der Waals surface area (Å²) in [4.78, 5) is 4.74. The first-order valence-corrected chi connectivity index (χ1v) is 7.69. The third kappa shape index (κ3) is 4.04. The first kappa shape index (κ1) is 16.0. The molecular formula is C17H26N4. The van der Waals surface area contributed by atoms with Crippen molar-refractivity contribution in [1.29, 1.82) is 5.26 Å². The number of rotatable bonds is 5. The van der Waals surface area contributed by atoms with E-state index >= 15 is 0 Å². The van der Waals surface area contributed by atoms with Crippen molar-refractivity contribution < 1.29 is 0 Å². The Hall–Kier alpha value is -1.41. The molecule has 114 valence electrons. The topological polar surface area (TPSA) is 56.3 Å². The highest BCUT2D eigenvalue weighted by Gasteiger charge is 2.29. The minimum absolute atomic E-state index is 0.572. The van der Waals surface area contributed by atoms with E-state index in [1.165, 1.54) is 19.4 Å². The van der Waals surface area contributed by atoms with Gasteiger partial charge in [0.05, 0.1) is 6.07 Å². The van der Waals surface area contributed by atoms with Crippen LogP contribution in [0, 0.1) is 11.3 Å².